The van der Waals surface area contributed by atoms with Crippen molar-refractivity contribution in [2.45, 2.75) is 12.8 Å². The van der Waals surface area contributed by atoms with Gasteiger partial charge in [0.1, 0.15) is 0 Å². The summed E-state index contributed by atoms with van der Waals surface area (Å²) in [4.78, 5) is 42.3. The first-order valence-electron chi connectivity index (χ1n) is 7.54. The molecule has 1 aromatic heterocycles. The molecule has 1 N–H and O–H groups in total. The number of likely N-dealkylation sites (N-methyl/N-ethyl adjacent to an activating group) is 2. The van der Waals surface area contributed by atoms with Crippen LogP contribution in [-0.4, -0.2) is 73.8 Å². The second-order valence-electron chi connectivity index (χ2n) is 5.37. The Labute approximate surface area is 141 Å². The highest BCUT2D eigenvalue weighted by atomic mass is 16.5. The van der Waals surface area contributed by atoms with Crippen LogP contribution < -0.4 is 10.1 Å². The lowest BCUT2D eigenvalue weighted by molar-refractivity contribution is -0.138. The summed E-state index contributed by atoms with van der Waals surface area (Å²) in [5.74, 6) is -0.0591. The minimum atomic E-state index is -0.220. The van der Waals surface area contributed by atoms with E-state index in [-0.39, 0.29) is 37.1 Å². The van der Waals surface area contributed by atoms with E-state index in [1.165, 1.54) is 16.9 Å². The molecule has 0 aliphatic heterocycles. The van der Waals surface area contributed by atoms with E-state index in [2.05, 4.69) is 10.3 Å². The van der Waals surface area contributed by atoms with Gasteiger partial charge >= 0.3 is 0 Å². The van der Waals surface area contributed by atoms with E-state index in [1.54, 1.807) is 39.5 Å². The topological polar surface area (TPSA) is 91.8 Å². The predicted octanol–water partition coefficient (Wildman–Crippen LogP) is -0.314. The van der Waals surface area contributed by atoms with Gasteiger partial charge in [0, 0.05) is 46.4 Å². The minimum absolute atomic E-state index is 0.0351. The number of carbonyl (C=O) groups is 3. The highest BCUT2D eigenvalue weighted by Crippen LogP contribution is 2.08. The number of rotatable bonds is 8. The first-order valence-corrected chi connectivity index (χ1v) is 7.54. The molecular weight excluding hydrogens is 312 g/mol. The highest BCUT2D eigenvalue weighted by Gasteiger charge is 2.17. The van der Waals surface area contributed by atoms with Crippen LogP contribution in [0.5, 0.6) is 5.88 Å². The molecule has 24 heavy (non-hydrogen) atoms. The standard InChI is InChI=1S/C16H24N4O4/c1-17-13(21)7-8-19(2)16(23)11-20(3)15(22)9-12-5-6-14(24-4)18-10-12/h5-6,10H,7-9,11H2,1-4H3,(H,17,21). The Balaban J connectivity index is 2.47. The van der Waals surface area contributed by atoms with Gasteiger partial charge in [-0.05, 0) is 5.56 Å². The first-order chi connectivity index (χ1) is 11.4. The average molecular weight is 336 g/mol. The predicted molar refractivity (Wildman–Crippen MR) is 88.5 cm³/mol. The molecule has 0 radical (unpaired) electrons. The van der Waals surface area contributed by atoms with Crippen LogP contribution in [0.3, 0.4) is 0 Å². The summed E-state index contributed by atoms with van der Waals surface area (Å²) in [5.41, 5.74) is 0.744. The largest absolute Gasteiger partial charge is 0.481 e. The fourth-order valence-electron chi connectivity index (χ4n) is 1.88. The van der Waals surface area contributed by atoms with Crippen LogP contribution in [0, 0.1) is 0 Å². The summed E-state index contributed by atoms with van der Waals surface area (Å²) in [7, 11) is 6.25. The average Bonchev–Trinajstić information content (AvgIpc) is 2.59. The second kappa shape index (κ2) is 9.49. The Kier molecular flexibility index (Phi) is 7.67. The Bertz CT molecular complexity index is 574. The zero-order valence-electron chi connectivity index (χ0n) is 14.5. The van der Waals surface area contributed by atoms with Crippen molar-refractivity contribution in [3.8, 4) is 5.88 Å². The summed E-state index contributed by atoms with van der Waals surface area (Å²) >= 11 is 0. The number of methoxy groups -OCH3 is 1. The lowest BCUT2D eigenvalue weighted by Gasteiger charge is -2.22. The van der Waals surface area contributed by atoms with Gasteiger partial charge in [0.05, 0.1) is 20.1 Å². The summed E-state index contributed by atoms with van der Waals surface area (Å²) in [6.45, 7) is 0.273. The normalized spacial score (nSPS) is 10.0. The third-order valence-electron chi connectivity index (χ3n) is 3.54. The van der Waals surface area contributed by atoms with Crippen LogP contribution in [-0.2, 0) is 20.8 Å². The molecule has 1 aromatic rings. The maximum atomic E-state index is 12.2. The van der Waals surface area contributed by atoms with E-state index in [0.29, 0.717) is 12.4 Å². The fraction of sp³-hybridized carbons (Fsp3) is 0.500. The van der Waals surface area contributed by atoms with E-state index in [9.17, 15) is 14.4 Å². The Morgan fingerprint density at radius 1 is 1.17 bits per heavy atom. The van der Waals surface area contributed by atoms with Gasteiger partial charge < -0.3 is 19.9 Å². The molecule has 0 fully saturated rings. The zero-order valence-corrected chi connectivity index (χ0v) is 14.5. The molecule has 0 aromatic carbocycles. The minimum Gasteiger partial charge on any atom is -0.481 e. The fourth-order valence-corrected chi connectivity index (χ4v) is 1.88. The number of hydrogen-bond acceptors (Lipinski definition) is 5. The van der Waals surface area contributed by atoms with Crippen molar-refractivity contribution < 1.29 is 19.1 Å². The Hall–Kier alpha value is -2.64. The molecule has 0 saturated carbocycles. The van der Waals surface area contributed by atoms with Crippen LogP contribution in [0.2, 0.25) is 0 Å². The molecule has 1 rings (SSSR count). The van der Waals surface area contributed by atoms with Crippen molar-refractivity contribution in [1.82, 2.24) is 20.1 Å². The molecule has 0 unspecified atom stereocenters. The summed E-state index contributed by atoms with van der Waals surface area (Å²) < 4.78 is 4.96. The van der Waals surface area contributed by atoms with Gasteiger partial charge in [0.2, 0.25) is 23.6 Å². The lowest BCUT2D eigenvalue weighted by Crippen LogP contribution is -2.41. The Morgan fingerprint density at radius 3 is 2.42 bits per heavy atom. The number of hydrogen-bond donors (Lipinski definition) is 1. The maximum Gasteiger partial charge on any atom is 0.241 e. The van der Waals surface area contributed by atoms with Crippen LogP contribution >= 0.6 is 0 Å². The molecule has 8 nitrogen and oxygen atoms in total. The van der Waals surface area contributed by atoms with Crippen molar-refractivity contribution in [2.75, 3.05) is 41.3 Å². The van der Waals surface area contributed by atoms with Crippen molar-refractivity contribution >= 4 is 17.7 Å². The van der Waals surface area contributed by atoms with Crippen LogP contribution in [0.1, 0.15) is 12.0 Å². The van der Waals surface area contributed by atoms with E-state index < -0.39 is 0 Å². The molecule has 1 heterocycles. The van der Waals surface area contributed by atoms with Gasteiger partial charge in [0.15, 0.2) is 0 Å². The van der Waals surface area contributed by atoms with Crippen LogP contribution in [0.15, 0.2) is 18.3 Å². The first kappa shape index (κ1) is 19.4. The molecule has 0 atom stereocenters. The van der Waals surface area contributed by atoms with Crippen LogP contribution in [0.25, 0.3) is 0 Å². The van der Waals surface area contributed by atoms with E-state index in [0.717, 1.165) is 5.56 Å². The zero-order chi connectivity index (χ0) is 18.1. The van der Waals surface area contributed by atoms with Crippen molar-refractivity contribution in [3.05, 3.63) is 23.9 Å². The number of pyridine rings is 1. The van der Waals surface area contributed by atoms with Gasteiger partial charge in [-0.2, -0.15) is 0 Å². The third kappa shape index (κ3) is 6.23. The van der Waals surface area contributed by atoms with E-state index in [1.807, 2.05) is 0 Å². The molecule has 0 aliphatic rings. The monoisotopic (exact) mass is 336 g/mol. The van der Waals surface area contributed by atoms with Gasteiger partial charge in [-0.3, -0.25) is 14.4 Å². The highest BCUT2D eigenvalue weighted by molar-refractivity contribution is 5.86. The van der Waals surface area contributed by atoms with Gasteiger partial charge in [-0.15, -0.1) is 0 Å². The number of aromatic nitrogens is 1. The molecule has 8 heteroatoms. The number of carbonyl (C=O) groups excluding carboxylic acids is 3. The van der Waals surface area contributed by atoms with E-state index >= 15 is 0 Å². The van der Waals surface area contributed by atoms with Crippen LogP contribution in [0.4, 0.5) is 0 Å². The SMILES string of the molecule is CNC(=O)CCN(C)C(=O)CN(C)C(=O)Cc1ccc(OC)nc1. The summed E-state index contributed by atoms with van der Waals surface area (Å²) in [5, 5.41) is 2.50. The Morgan fingerprint density at radius 2 is 1.88 bits per heavy atom. The molecule has 132 valence electrons. The quantitative estimate of drug-likeness (QED) is 0.703. The summed E-state index contributed by atoms with van der Waals surface area (Å²) in [6.07, 6.45) is 1.96. The number of nitrogens with one attached hydrogen (secondary N) is 1. The van der Waals surface area contributed by atoms with Gasteiger partial charge in [-0.25, -0.2) is 4.98 Å². The van der Waals surface area contributed by atoms with Crippen molar-refractivity contribution in [3.63, 3.8) is 0 Å². The number of ether oxygens (including phenoxy) is 1. The van der Waals surface area contributed by atoms with Gasteiger partial charge in [0.25, 0.3) is 0 Å². The molecule has 0 spiro atoms. The number of nitrogens with zero attached hydrogens (tertiary/aromatic N) is 3. The molecule has 0 saturated heterocycles. The molecule has 0 aliphatic carbocycles. The smallest absolute Gasteiger partial charge is 0.241 e. The number of amides is 3. The molecule has 3 amide bonds. The van der Waals surface area contributed by atoms with Gasteiger partial charge in [-0.1, -0.05) is 6.07 Å². The molecule has 0 bridgehead atoms. The van der Waals surface area contributed by atoms with Crippen molar-refractivity contribution in [2.24, 2.45) is 0 Å². The molecular formula is C16H24N4O4. The lowest BCUT2D eigenvalue weighted by atomic mass is 10.2. The van der Waals surface area contributed by atoms with Crippen molar-refractivity contribution in [1.29, 1.82) is 0 Å². The third-order valence-corrected chi connectivity index (χ3v) is 3.54. The van der Waals surface area contributed by atoms with E-state index in [4.69, 9.17) is 4.74 Å². The second-order valence-corrected chi connectivity index (χ2v) is 5.37. The maximum absolute atomic E-state index is 12.2. The summed E-state index contributed by atoms with van der Waals surface area (Å²) in [6, 6.07) is 3.44.